The third kappa shape index (κ3) is 3.69. The summed E-state index contributed by atoms with van der Waals surface area (Å²) in [5.41, 5.74) is 0. The van der Waals surface area contributed by atoms with Crippen molar-refractivity contribution in [3.63, 3.8) is 0 Å². The smallest absolute Gasteiger partial charge is 0.233 e. The number of halogens is 1. The molecular formula is C16H21ClN4OS2. The van der Waals surface area contributed by atoms with E-state index in [9.17, 15) is 4.79 Å². The molecule has 130 valence electrons. The maximum atomic E-state index is 12.5. The van der Waals surface area contributed by atoms with Gasteiger partial charge in [-0.05, 0) is 20.8 Å². The van der Waals surface area contributed by atoms with Gasteiger partial charge in [-0.2, -0.15) is 0 Å². The number of carbonyl (C=O) groups excluding carboxylic acids is 1. The molecular weight excluding hydrogens is 364 g/mol. The number of hydrogen-bond acceptors (Lipinski definition) is 6. The Morgan fingerprint density at radius 1 is 1.33 bits per heavy atom. The molecule has 24 heavy (non-hydrogen) atoms. The highest BCUT2D eigenvalue weighted by Gasteiger charge is 2.23. The van der Waals surface area contributed by atoms with Crippen LogP contribution in [0.1, 0.15) is 18.7 Å². The van der Waals surface area contributed by atoms with Crippen LogP contribution in [0.4, 0.5) is 0 Å². The summed E-state index contributed by atoms with van der Waals surface area (Å²) in [6, 6.07) is 0.537. The third-order valence-corrected chi connectivity index (χ3v) is 6.86. The molecule has 1 amide bonds. The highest BCUT2D eigenvalue weighted by atomic mass is 35.5. The van der Waals surface area contributed by atoms with Crippen LogP contribution in [0.15, 0.2) is 11.4 Å². The van der Waals surface area contributed by atoms with E-state index in [2.05, 4.69) is 28.7 Å². The quantitative estimate of drug-likeness (QED) is 0.598. The zero-order chi connectivity index (χ0) is 17.3. The minimum Gasteiger partial charge on any atom is -0.339 e. The van der Waals surface area contributed by atoms with Crippen LogP contribution < -0.4 is 0 Å². The summed E-state index contributed by atoms with van der Waals surface area (Å²) in [7, 11) is 0. The molecule has 1 aliphatic rings. The number of aryl methyl sites for hydroxylation is 1. The SMILES string of the molecule is Cc1sc2ncnc(SCC(=O)N3CCN(C(C)C)CC3)c2c1Cl. The first-order valence-electron chi connectivity index (χ1n) is 8.01. The van der Waals surface area contributed by atoms with Crippen molar-refractivity contribution >= 4 is 50.8 Å². The zero-order valence-corrected chi connectivity index (χ0v) is 16.5. The maximum Gasteiger partial charge on any atom is 0.233 e. The normalized spacial score (nSPS) is 16.3. The minimum absolute atomic E-state index is 0.165. The largest absolute Gasteiger partial charge is 0.339 e. The number of aromatic nitrogens is 2. The van der Waals surface area contributed by atoms with Gasteiger partial charge in [0.25, 0.3) is 0 Å². The molecule has 1 fully saturated rings. The molecule has 8 heteroatoms. The van der Waals surface area contributed by atoms with Gasteiger partial charge in [0.05, 0.1) is 16.2 Å². The lowest BCUT2D eigenvalue weighted by atomic mass is 10.2. The van der Waals surface area contributed by atoms with Gasteiger partial charge in [0.1, 0.15) is 16.2 Å². The molecule has 1 saturated heterocycles. The van der Waals surface area contributed by atoms with Crippen molar-refractivity contribution in [2.24, 2.45) is 0 Å². The summed E-state index contributed by atoms with van der Waals surface area (Å²) in [5.74, 6) is 0.553. The van der Waals surface area contributed by atoms with Crippen molar-refractivity contribution in [1.29, 1.82) is 0 Å². The monoisotopic (exact) mass is 384 g/mol. The number of amides is 1. The van der Waals surface area contributed by atoms with Gasteiger partial charge in [-0.3, -0.25) is 9.69 Å². The van der Waals surface area contributed by atoms with Gasteiger partial charge in [0, 0.05) is 37.1 Å². The van der Waals surface area contributed by atoms with E-state index in [1.54, 1.807) is 17.7 Å². The molecule has 0 N–H and O–H groups in total. The number of carbonyl (C=O) groups is 1. The summed E-state index contributed by atoms with van der Waals surface area (Å²) in [6.45, 7) is 9.86. The number of thioether (sulfide) groups is 1. The van der Waals surface area contributed by atoms with E-state index in [-0.39, 0.29) is 5.91 Å². The zero-order valence-electron chi connectivity index (χ0n) is 14.1. The van der Waals surface area contributed by atoms with Crippen molar-refractivity contribution < 1.29 is 4.79 Å². The maximum absolute atomic E-state index is 12.5. The molecule has 3 rings (SSSR count). The summed E-state index contributed by atoms with van der Waals surface area (Å²) in [4.78, 5) is 27.4. The summed E-state index contributed by atoms with van der Waals surface area (Å²) < 4.78 is 0. The van der Waals surface area contributed by atoms with Crippen molar-refractivity contribution in [3.8, 4) is 0 Å². The number of fused-ring (bicyclic) bond motifs is 1. The van der Waals surface area contributed by atoms with Crippen LogP contribution in [-0.2, 0) is 4.79 Å². The number of piperazine rings is 1. The molecule has 0 bridgehead atoms. The fourth-order valence-electron chi connectivity index (χ4n) is 2.80. The minimum atomic E-state index is 0.165. The first-order chi connectivity index (χ1) is 11.5. The van der Waals surface area contributed by atoms with E-state index >= 15 is 0 Å². The van der Waals surface area contributed by atoms with E-state index in [0.29, 0.717) is 16.8 Å². The molecule has 0 radical (unpaired) electrons. The molecule has 2 aromatic heterocycles. The number of hydrogen-bond donors (Lipinski definition) is 0. The molecule has 0 saturated carbocycles. The van der Waals surface area contributed by atoms with Crippen LogP contribution in [0.2, 0.25) is 5.02 Å². The second-order valence-electron chi connectivity index (χ2n) is 6.13. The molecule has 0 aliphatic carbocycles. The van der Waals surface area contributed by atoms with Gasteiger partial charge in [-0.1, -0.05) is 23.4 Å². The van der Waals surface area contributed by atoms with Gasteiger partial charge in [-0.25, -0.2) is 9.97 Å². The lowest BCUT2D eigenvalue weighted by Crippen LogP contribution is -2.51. The van der Waals surface area contributed by atoms with Gasteiger partial charge < -0.3 is 4.90 Å². The van der Waals surface area contributed by atoms with Crippen LogP contribution in [0.3, 0.4) is 0 Å². The van der Waals surface area contributed by atoms with Gasteiger partial charge >= 0.3 is 0 Å². The lowest BCUT2D eigenvalue weighted by Gasteiger charge is -2.36. The summed E-state index contributed by atoms with van der Waals surface area (Å²) in [5, 5.41) is 2.38. The average molecular weight is 385 g/mol. The first kappa shape index (κ1) is 17.9. The Hall–Kier alpha value is -0.890. The van der Waals surface area contributed by atoms with Crippen molar-refractivity contribution in [2.75, 3.05) is 31.9 Å². The van der Waals surface area contributed by atoms with E-state index in [1.165, 1.54) is 11.8 Å². The molecule has 0 unspecified atom stereocenters. The van der Waals surface area contributed by atoms with E-state index in [4.69, 9.17) is 11.6 Å². The molecule has 1 aliphatic heterocycles. The third-order valence-electron chi connectivity index (χ3n) is 4.29. The Morgan fingerprint density at radius 2 is 2.04 bits per heavy atom. The Bertz CT molecular complexity index is 741. The molecule has 3 heterocycles. The van der Waals surface area contributed by atoms with Gasteiger partial charge in [0.15, 0.2) is 0 Å². The Labute approximate surface area is 155 Å². The molecule has 0 aromatic carbocycles. The fraction of sp³-hybridized carbons (Fsp3) is 0.562. The van der Waals surface area contributed by atoms with E-state index < -0.39 is 0 Å². The van der Waals surface area contributed by atoms with Crippen LogP contribution in [0.5, 0.6) is 0 Å². The van der Waals surface area contributed by atoms with Crippen molar-refractivity contribution in [3.05, 3.63) is 16.2 Å². The van der Waals surface area contributed by atoms with Gasteiger partial charge in [-0.15, -0.1) is 11.3 Å². The number of rotatable bonds is 4. The Balaban J connectivity index is 1.63. The predicted octanol–water partition coefficient (Wildman–Crippen LogP) is 3.30. The van der Waals surface area contributed by atoms with E-state index in [1.807, 2.05) is 11.8 Å². The van der Waals surface area contributed by atoms with Crippen LogP contribution >= 0.6 is 34.7 Å². The second kappa shape index (κ2) is 7.56. The van der Waals surface area contributed by atoms with Crippen molar-refractivity contribution in [1.82, 2.24) is 19.8 Å². The standard InChI is InChI=1S/C16H21ClN4OS2/c1-10(2)20-4-6-21(7-5-20)12(22)8-23-15-13-14(17)11(3)24-16(13)19-9-18-15/h9-10H,4-8H2,1-3H3. The molecule has 0 spiro atoms. The number of thiophene rings is 1. The van der Waals surface area contributed by atoms with Crippen LogP contribution in [-0.4, -0.2) is 63.6 Å². The molecule has 2 aromatic rings. The summed E-state index contributed by atoms with van der Waals surface area (Å²) >= 11 is 9.39. The molecule has 5 nitrogen and oxygen atoms in total. The lowest BCUT2D eigenvalue weighted by molar-refractivity contribution is -0.130. The molecule has 0 atom stereocenters. The average Bonchev–Trinajstić information content (AvgIpc) is 2.88. The predicted molar refractivity (Wildman–Crippen MR) is 101 cm³/mol. The Morgan fingerprint density at radius 3 is 2.71 bits per heavy atom. The highest BCUT2D eigenvalue weighted by molar-refractivity contribution is 8.00. The number of nitrogens with zero attached hydrogens (tertiary/aromatic N) is 4. The highest BCUT2D eigenvalue weighted by Crippen LogP contribution is 2.38. The van der Waals surface area contributed by atoms with E-state index in [0.717, 1.165) is 46.3 Å². The fourth-order valence-corrected chi connectivity index (χ4v) is 5.07. The topological polar surface area (TPSA) is 49.3 Å². The van der Waals surface area contributed by atoms with Crippen LogP contribution in [0.25, 0.3) is 10.2 Å². The second-order valence-corrected chi connectivity index (χ2v) is 8.68. The summed E-state index contributed by atoms with van der Waals surface area (Å²) in [6.07, 6.45) is 1.54. The van der Waals surface area contributed by atoms with Crippen molar-refractivity contribution in [2.45, 2.75) is 31.8 Å². The van der Waals surface area contributed by atoms with Gasteiger partial charge in [0.2, 0.25) is 5.91 Å². The van der Waals surface area contributed by atoms with Crippen LogP contribution in [0, 0.1) is 6.92 Å². The first-order valence-corrected chi connectivity index (χ1v) is 10.2. The Kier molecular flexibility index (Phi) is 5.64.